The lowest BCUT2D eigenvalue weighted by Crippen LogP contribution is -2.03. The Morgan fingerprint density at radius 1 is 1.24 bits per heavy atom. The molecule has 0 aliphatic rings. The van der Waals surface area contributed by atoms with Gasteiger partial charge in [0.05, 0.1) is 6.61 Å². The third-order valence-electron chi connectivity index (χ3n) is 2.00. The Morgan fingerprint density at radius 2 is 1.94 bits per heavy atom. The number of ether oxygens (including phenoxy) is 1. The molecule has 17 heavy (non-hydrogen) atoms. The van der Waals surface area contributed by atoms with E-state index in [-0.39, 0.29) is 30.1 Å². The fraction of sp³-hybridized carbons (Fsp3) is 0.273. The van der Waals surface area contributed by atoms with Crippen molar-refractivity contribution in [3.63, 3.8) is 0 Å². The van der Waals surface area contributed by atoms with Gasteiger partial charge < -0.3 is 20.1 Å². The average molecular weight is 240 g/mol. The number of phenols is 1. The lowest BCUT2D eigenvalue weighted by Gasteiger charge is -2.06. The van der Waals surface area contributed by atoms with E-state index in [0.29, 0.717) is 6.42 Å². The van der Waals surface area contributed by atoms with Crippen molar-refractivity contribution in [2.75, 3.05) is 6.61 Å². The molecule has 0 aliphatic heterocycles. The van der Waals surface area contributed by atoms with E-state index in [2.05, 4.69) is 0 Å². The van der Waals surface area contributed by atoms with Gasteiger partial charge in [-0.15, -0.1) is 0 Å². The normalized spacial score (nSPS) is 9.88. The molecule has 0 unspecified atom stereocenters. The van der Waals surface area contributed by atoms with E-state index < -0.39 is 11.9 Å². The van der Waals surface area contributed by atoms with Gasteiger partial charge in [-0.25, -0.2) is 4.79 Å². The van der Waals surface area contributed by atoms with Crippen LogP contribution < -0.4 is 4.74 Å². The fourth-order valence-corrected chi connectivity index (χ4v) is 1.19. The van der Waals surface area contributed by atoms with Gasteiger partial charge in [-0.2, -0.15) is 0 Å². The van der Waals surface area contributed by atoms with Gasteiger partial charge in [-0.05, 0) is 24.6 Å². The number of carboxylic acid groups (broad SMARTS) is 2. The van der Waals surface area contributed by atoms with Crippen molar-refractivity contribution in [2.24, 2.45) is 0 Å². The topological polar surface area (TPSA) is 104 Å². The highest BCUT2D eigenvalue weighted by Crippen LogP contribution is 2.23. The van der Waals surface area contributed by atoms with Crippen LogP contribution in [-0.2, 0) is 4.79 Å². The smallest absolute Gasteiger partial charge is 0.339 e. The van der Waals surface area contributed by atoms with Crippen LogP contribution in [0.3, 0.4) is 0 Å². The second-order valence-electron chi connectivity index (χ2n) is 3.33. The van der Waals surface area contributed by atoms with E-state index in [1.54, 1.807) is 0 Å². The summed E-state index contributed by atoms with van der Waals surface area (Å²) in [5.41, 5.74) is -0.249. The average Bonchev–Trinajstić information content (AvgIpc) is 2.25. The number of aromatic hydroxyl groups is 1. The summed E-state index contributed by atoms with van der Waals surface area (Å²) in [6.45, 7) is 0.177. The summed E-state index contributed by atoms with van der Waals surface area (Å²) in [6, 6.07) is 3.83. The highest BCUT2D eigenvalue weighted by molar-refractivity contribution is 5.91. The number of aliphatic carboxylic acids is 1. The third kappa shape index (κ3) is 4.02. The predicted octanol–water partition coefficient (Wildman–Crippen LogP) is 1.33. The van der Waals surface area contributed by atoms with Crippen molar-refractivity contribution in [3.05, 3.63) is 23.8 Å². The Morgan fingerprint density at radius 3 is 2.53 bits per heavy atom. The third-order valence-corrected chi connectivity index (χ3v) is 2.00. The SMILES string of the molecule is O=C(O)CCCOc1ccc(O)c(C(=O)O)c1. The molecule has 0 bridgehead atoms. The van der Waals surface area contributed by atoms with Gasteiger partial charge in [-0.3, -0.25) is 4.79 Å². The van der Waals surface area contributed by atoms with E-state index in [0.717, 1.165) is 0 Å². The predicted molar refractivity (Wildman–Crippen MR) is 57.4 cm³/mol. The van der Waals surface area contributed by atoms with Crippen molar-refractivity contribution >= 4 is 11.9 Å². The van der Waals surface area contributed by atoms with Crippen LogP contribution in [-0.4, -0.2) is 33.9 Å². The Hall–Kier alpha value is -2.24. The molecule has 1 aromatic carbocycles. The van der Waals surface area contributed by atoms with Gasteiger partial charge in [0.1, 0.15) is 17.1 Å². The van der Waals surface area contributed by atoms with Crippen molar-refractivity contribution in [1.29, 1.82) is 0 Å². The van der Waals surface area contributed by atoms with Crippen molar-refractivity contribution in [3.8, 4) is 11.5 Å². The number of rotatable bonds is 6. The first kappa shape index (κ1) is 12.8. The maximum absolute atomic E-state index is 10.7. The van der Waals surface area contributed by atoms with Gasteiger partial charge in [0.15, 0.2) is 0 Å². The first-order valence-electron chi connectivity index (χ1n) is 4.91. The molecule has 3 N–H and O–H groups in total. The van der Waals surface area contributed by atoms with Crippen LogP contribution in [0.25, 0.3) is 0 Å². The van der Waals surface area contributed by atoms with Gasteiger partial charge in [0.2, 0.25) is 0 Å². The van der Waals surface area contributed by atoms with Gasteiger partial charge in [-0.1, -0.05) is 0 Å². The van der Waals surface area contributed by atoms with E-state index in [4.69, 9.17) is 14.9 Å². The quantitative estimate of drug-likeness (QED) is 0.648. The van der Waals surface area contributed by atoms with Crippen molar-refractivity contribution < 1.29 is 29.6 Å². The number of aromatic carboxylic acids is 1. The monoisotopic (exact) mass is 240 g/mol. The number of carbonyl (C=O) groups is 2. The lowest BCUT2D eigenvalue weighted by atomic mass is 10.2. The summed E-state index contributed by atoms with van der Waals surface area (Å²) in [4.78, 5) is 20.9. The van der Waals surface area contributed by atoms with Crippen LogP contribution in [0, 0.1) is 0 Å². The number of carboxylic acids is 2. The van der Waals surface area contributed by atoms with Crippen LogP contribution in [0.2, 0.25) is 0 Å². The molecule has 0 heterocycles. The van der Waals surface area contributed by atoms with Gasteiger partial charge in [0, 0.05) is 6.42 Å². The van der Waals surface area contributed by atoms with Crippen LogP contribution in [0.5, 0.6) is 11.5 Å². The summed E-state index contributed by atoms with van der Waals surface area (Å²) in [5, 5.41) is 26.4. The summed E-state index contributed by atoms with van der Waals surface area (Å²) < 4.78 is 5.16. The zero-order valence-corrected chi connectivity index (χ0v) is 8.92. The Labute approximate surface area is 97.1 Å². The molecule has 0 radical (unpaired) electrons. The molecule has 92 valence electrons. The molecule has 0 fully saturated rings. The zero-order valence-electron chi connectivity index (χ0n) is 8.92. The molecule has 0 saturated heterocycles. The molecule has 0 amide bonds. The van der Waals surface area contributed by atoms with E-state index in [9.17, 15) is 14.7 Å². The first-order chi connectivity index (χ1) is 8.00. The maximum atomic E-state index is 10.7. The van der Waals surface area contributed by atoms with Crippen LogP contribution in [0.4, 0.5) is 0 Å². The lowest BCUT2D eigenvalue weighted by molar-refractivity contribution is -0.137. The highest BCUT2D eigenvalue weighted by atomic mass is 16.5. The van der Waals surface area contributed by atoms with Crippen molar-refractivity contribution in [1.82, 2.24) is 0 Å². The Kier molecular flexibility index (Phi) is 4.33. The minimum Gasteiger partial charge on any atom is -0.507 e. The molecule has 0 aliphatic carbocycles. The summed E-state index contributed by atoms with van der Waals surface area (Å²) >= 11 is 0. The van der Waals surface area contributed by atoms with Crippen LogP contribution in [0.15, 0.2) is 18.2 Å². The molecular formula is C11H12O6. The summed E-state index contributed by atoms with van der Waals surface area (Å²) in [6.07, 6.45) is 0.322. The second kappa shape index (κ2) is 5.74. The molecule has 0 saturated carbocycles. The summed E-state index contributed by atoms with van der Waals surface area (Å²) in [5.74, 6) is -2.22. The van der Waals surface area contributed by atoms with Crippen LogP contribution in [0.1, 0.15) is 23.2 Å². The number of benzene rings is 1. The minimum absolute atomic E-state index is 0.0100. The standard InChI is InChI=1S/C11H12O6/c12-9-4-3-7(6-8(9)11(15)16)17-5-1-2-10(13)14/h3-4,6,12H,1-2,5H2,(H,13,14)(H,15,16). The molecule has 1 aromatic rings. The van der Waals surface area contributed by atoms with E-state index in [1.165, 1.54) is 18.2 Å². The van der Waals surface area contributed by atoms with Crippen molar-refractivity contribution in [2.45, 2.75) is 12.8 Å². The molecular weight excluding hydrogens is 228 g/mol. The molecule has 6 heteroatoms. The zero-order chi connectivity index (χ0) is 12.8. The Balaban J connectivity index is 2.57. The number of hydrogen-bond acceptors (Lipinski definition) is 4. The second-order valence-corrected chi connectivity index (χ2v) is 3.33. The highest BCUT2D eigenvalue weighted by Gasteiger charge is 2.10. The van der Waals surface area contributed by atoms with E-state index in [1.807, 2.05) is 0 Å². The molecule has 0 atom stereocenters. The molecule has 6 nitrogen and oxygen atoms in total. The number of hydrogen-bond donors (Lipinski definition) is 3. The van der Waals surface area contributed by atoms with Gasteiger partial charge in [0.25, 0.3) is 0 Å². The minimum atomic E-state index is -1.25. The molecule has 0 spiro atoms. The maximum Gasteiger partial charge on any atom is 0.339 e. The van der Waals surface area contributed by atoms with Gasteiger partial charge >= 0.3 is 11.9 Å². The van der Waals surface area contributed by atoms with Crippen LogP contribution >= 0.6 is 0 Å². The molecule has 1 rings (SSSR count). The first-order valence-corrected chi connectivity index (χ1v) is 4.91. The van der Waals surface area contributed by atoms with E-state index >= 15 is 0 Å². The fourth-order valence-electron chi connectivity index (χ4n) is 1.19. The Bertz CT molecular complexity index is 426. The molecule has 0 aromatic heterocycles. The summed E-state index contributed by atoms with van der Waals surface area (Å²) in [7, 11) is 0. The largest absolute Gasteiger partial charge is 0.507 e.